The van der Waals surface area contributed by atoms with Gasteiger partial charge in [-0.1, -0.05) is 0 Å². The van der Waals surface area contributed by atoms with E-state index in [1.807, 2.05) is 49.3 Å². The van der Waals surface area contributed by atoms with Crippen LogP contribution < -0.4 is 20.9 Å². The first-order chi connectivity index (χ1) is 12.8. The van der Waals surface area contributed by atoms with Crippen LogP contribution >= 0.6 is 0 Å². The van der Waals surface area contributed by atoms with E-state index in [1.54, 1.807) is 24.3 Å². The van der Waals surface area contributed by atoms with Crippen LogP contribution in [-0.2, 0) is 9.59 Å². The van der Waals surface area contributed by atoms with Crippen LogP contribution in [0.25, 0.3) is 0 Å². The average molecular weight is 363 g/mol. The lowest BCUT2D eigenvalue weighted by molar-refractivity contribution is -0.123. The maximum Gasteiger partial charge on any atom is 0.277 e. The minimum Gasteiger partial charge on any atom is -0.399 e. The van der Waals surface area contributed by atoms with E-state index in [0.717, 1.165) is 10.6 Å². The summed E-state index contributed by atoms with van der Waals surface area (Å²) in [6.07, 6.45) is 1.29. The van der Waals surface area contributed by atoms with E-state index in [0.29, 0.717) is 17.1 Å². The second kappa shape index (κ2) is 8.54. The van der Waals surface area contributed by atoms with Crippen LogP contribution in [-0.4, -0.2) is 25.9 Å². The molecule has 0 aliphatic heterocycles. The van der Waals surface area contributed by atoms with E-state index in [4.69, 9.17) is 5.73 Å². The number of carbonyl (C=O) groups is 2. The molecule has 2 amide bonds. The maximum absolute atomic E-state index is 12.7. The second-order valence-electron chi connectivity index (χ2n) is 6.01. The second-order valence-corrected chi connectivity index (χ2v) is 6.01. The van der Waals surface area contributed by atoms with Crippen LogP contribution in [0.15, 0.2) is 60.3 Å². The minimum atomic E-state index is -0.716. The smallest absolute Gasteiger partial charge is 0.277 e. The topological polar surface area (TPSA) is 102 Å². The third-order valence-corrected chi connectivity index (χ3v) is 3.79. The number of nitriles is 1. The zero-order valence-corrected chi connectivity index (χ0v) is 15.4. The normalized spacial score (nSPS) is 10.7. The summed E-state index contributed by atoms with van der Waals surface area (Å²) < 4.78 is 0. The van der Waals surface area contributed by atoms with Crippen molar-refractivity contribution >= 4 is 34.6 Å². The van der Waals surface area contributed by atoms with Gasteiger partial charge in [-0.15, -0.1) is 0 Å². The Balaban J connectivity index is 2.24. The highest BCUT2D eigenvalue weighted by Crippen LogP contribution is 2.20. The summed E-state index contributed by atoms with van der Waals surface area (Å²) in [7, 11) is 3.87. The van der Waals surface area contributed by atoms with Crippen LogP contribution in [0.4, 0.5) is 22.7 Å². The average Bonchev–Trinajstić information content (AvgIpc) is 2.64. The Kier molecular flexibility index (Phi) is 6.18. The molecule has 0 spiro atoms. The van der Waals surface area contributed by atoms with Crippen molar-refractivity contribution in [2.75, 3.05) is 34.9 Å². The molecule has 0 unspecified atom stereocenters. The first-order valence-corrected chi connectivity index (χ1v) is 8.18. The fourth-order valence-electron chi connectivity index (χ4n) is 2.34. The number of benzene rings is 2. The zero-order valence-electron chi connectivity index (χ0n) is 15.4. The molecule has 0 heterocycles. The van der Waals surface area contributed by atoms with Gasteiger partial charge in [-0.25, -0.2) is 4.90 Å². The third kappa shape index (κ3) is 4.86. The summed E-state index contributed by atoms with van der Waals surface area (Å²) in [6, 6.07) is 15.6. The number of imide groups is 1. The molecule has 7 heteroatoms. The molecule has 2 rings (SSSR count). The Bertz CT molecular complexity index is 893. The molecular weight excluding hydrogens is 342 g/mol. The first kappa shape index (κ1) is 19.5. The van der Waals surface area contributed by atoms with E-state index < -0.39 is 11.8 Å². The summed E-state index contributed by atoms with van der Waals surface area (Å²) in [5, 5.41) is 12.3. The highest BCUT2D eigenvalue weighted by atomic mass is 16.2. The Hall–Kier alpha value is -3.79. The van der Waals surface area contributed by atoms with E-state index in [2.05, 4.69) is 5.32 Å². The van der Waals surface area contributed by atoms with Crippen molar-refractivity contribution in [2.24, 2.45) is 0 Å². The number of rotatable bonds is 5. The lowest BCUT2D eigenvalue weighted by Crippen LogP contribution is -2.36. The first-order valence-electron chi connectivity index (χ1n) is 8.18. The number of carbonyl (C=O) groups excluding carboxylic acids is 2. The Morgan fingerprint density at radius 3 is 2.07 bits per heavy atom. The van der Waals surface area contributed by atoms with Gasteiger partial charge in [0.15, 0.2) is 0 Å². The van der Waals surface area contributed by atoms with Crippen molar-refractivity contribution in [3.63, 3.8) is 0 Å². The van der Waals surface area contributed by atoms with Crippen molar-refractivity contribution < 1.29 is 9.59 Å². The molecule has 0 aliphatic carbocycles. The molecule has 3 N–H and O–H groups in total. The summed E-state index contributed by atoms with van der Waals surface area (Å²) in [5.74, 6) is -1.21. The maximum atomic E-state index is 12.7. The van der Waals surface area contributed by atoms with Crippen LogP contribution in [0.1, 0.15) is 6.92 Å². The van der Waals surface area contributed by atoms with Crippen molar-refractivity contribution in [2.45, 2.75) is 6.92 Å². The van der Waals surface area contributed by atoms with E-state index in [1.165, 1.54) is 13.1 Å². The monoisotopic (exact) mass is 363 g/mol. The van der Waals surface area contributed by atoms with E-state index >= 15 is 0 Å². The highest BCUT2D eigenvalue weighted by Gasteiger charge is 2.23. The molecule has 0 fully saturated rings. The van der Waals surface area contributed by atoms with Crippen LogP contribution in [0, 0.1) is 11.3 Å². The minimum absolute atomic E-state index is 0.196. The van der Waals surface area contributed by atoms with E-state index in [-0.39, 0.29) is 5.57 Å². The number of nitrogen functional groups attached to an aromatic ring is 1. The quantitative estimate of drug-likeness (QED) is 0.481. The predicted octanol–water partition coefficient (Wildman–Crippen LogP) is 2.73. The van der Waals surface area contributed by atoms with Gasteiger partial charge in [-0.2, -0.15) is 5.26 Å². The molecule has 0 aliphatic rings. The van der Waals surface area contributed by atoms with Crippen molar-refractivity contribution in [3.05, 3.63) is 60.3 Å². The summed E-state index contributed by atoms with van der Waals surface area (Å²) >= 11 is 0. The van der Waals surface area contributed by atoms with Crippen LogP contribution in [0.3, 0.4) is 0 Å². The highest BCUT2D eigenvalue weighted by molar-refractivity contribution is 6.21. The predicted molar refractivity (Wildman–Crippen MR) is 107 cm³/mol. The molecule has 0 aromatic heterocycles. The van der Waals surface area contributed by atoms with Gasteiger partial charge in [0.1, 0.15) is 11.6 Å². The fourth-order valence-corrected chi connectivity index (χ4v) is 2.34. The molecular formula is C20H21N5O2. The van der Waals surface area contributed by atoms with Crippen LogP contribution in [0.2, 0.25) is 0 Å². The van der Waals surface area contributed by atoms with Gasteiger partial charge in [0.25, 0.3) is 5.91 Å². The van der Waals surface area contributed by atoms with Crippen LogP contribution in [0.5, 0.6) is 0 Å². The van der Waals surface area contributed by atoms with Gasteiger partial charge in [-0.3, -0.25) is 9.59 Å². The van der Waals surface area contributed by atoms with Crippen molar-refractivity contribution in [1.29, 1.82) is 5.26 Å². The number of nitrogens with two attached hydrogens (primary N) is 1. The molecule has 2 aromatic rings. The molecule has 0 bridgehead atoms. The van der Waals surface area contributed by atoms with Gasteiger partial charge >= 0.3 is 0 Å². The molecule has 0 radical (unpaired) electrons. The number of anilines is 4. The SMILES string of the molecule is CC(=O)N(C(=O)/C(C#N)=C\Nc1ccc(N(C)C)cc1)c1ccc(N)cc1. The molecule has 27 heavy (non-hydrogen) atoms. The molecule has 7 nitrogen and oxygen atoms in total. The number of amides is 2. The number of nitrogens with zero attached hydrogens (tertiary/aromatic N) is 3. The molecule has 0 atom stereocenters. The van der Waals surface area contributed by atoms with Gasteiger partial charge in [0.2, 0.25) is 5.91 Å². The Morgan fingerprint density at radius 2 is 1.59 bits per heavy atom. The van der Waals surface area contributed by atoms with Gasteiger partial charge < -0.3 is 16.0 Å². The number of hydrogen-bond donors (Lipinski definition) is 2. The largest absolute Gasteiger partial charge is 0.399 e. The Labute approximate surface area is 158 Å². The number of nitrogens with one attached hydrogen (secondary N) is 1. The molecule has 2 aromatic carbocycles. The van der Waals surface area contributed by atoms with Crippen molar-refractivity contribution in [3.8, 4) is 6.07 Å². The molecule has 0 saturated carbocycles. The van der Waals surface area contributed by atoms with Crippen molar-refractivity contribution in [1.82, 2.24) is 0 Å². The van der Waals surface area contributed by atoms with Gasteiger partial charge in [-0.05, 0) is 48.5 Å². The number of hydrogen-bond acceptors (Lipinski definition) is 6. The summed E-state index contributed by atoms with van der Waals surface area (Å²) in [4.78, 5) is 27.6. The lowest BCUT2D eigenvalue weighted by Gasteiger charge is -2.19. The Morgan fingerprint density at radius 1 is 1.04 bits per heavy atom. The summed E-state index contributed by atoms with van der Waals surface area (Å²) in [6.45, 7) is 1.26. The van der Waals surface area contributed by atoms with Gasteiger partial charge in [0, 0.05) is 44.3 Å². The zero-order chi connectivity index (χ0) is 20.0. The molecule has 0 saturated heterocycles. The standard InChI is InChI=1S/C20H21N5O2/c1-14(26)25(19-8-4-16(22)5-9-19)20(27)15(12-21)13-23-17-6-10-18(11-7-17)24(2)3/h4-11,13,23H,22H2,1-3H3/b15-13-. The summed E-state index contributed by atoms with van der Waals surface area (Å²) in [5.41, 5.74) is 8.03. The van der Waals surface area contributed by atoms with Gasteiger partial charge in [0.05, 0.1) is 5.69 Å². The molecule has 138 valence electrons. The lowest BCUT2D eigenvalue weighted by atomic mass is 10.2. The van der Waals surface area contributed by atoms with E-state index in [9.17, 15) is 14.9 Å². The fraction of sp³-hybridized carbons (Fsp3) is 0.150. The third-order valence-electron chi connectivity index (χ3n) is 3.79.